The summed E-state index contributed by atoms with van der Waals surface area (Å²) in [6.45, 7) is 0. The molecule has 3 rings (SSSR count). The first kappa shape index (κ1) is 10.9. The van der Waals surface area contributed by atoms with Gasteiger partial charge in [-0.05, 0) is 29.7 Å². The van der Waals surface area contributed by atoms with Crippen molar-refractivity contribution in [2.75, 3.05) is 0 Å². The SMILES string of the molecule is Cn1cc(-c2nnnn2C2(C(=O)O)CCC2)cn1. The molecule has 94 valence electrons. The molecule has 2 aromatic rings. The lowest BCUT2D eigenvalue weighted by molar-refractivity contribution is -0.153. The highest BCUT2D eigenvalue weighted by Crippen LogP contribution is 2.40. The van der Waals surface area contributed by atoms with Gasteiger partial charge in [-0.15, -0.1) is 5.10 Å². The molecule has 0 amide bonds. The number of hydrogen-bond acceptors (Lipinski definition) is 5. The summed E-state index contributed by atoms with van der Waals surface area (Å²) in [4.78, 5) is 11.5. The van der Waals surface area contributed by atoms with Crippen molar-refractivity contribution in [3.05, 3.63) is 12.4 Å². The second-order valence-corrected chi connectivity index (χ2v) is 4.51. The third-order valence-corrected chi connectivity index (χ3v) is 3.42. The van der Waals surface area contributed by atoms with Crippen LogP contribution in [0.15, 0.2) is 12.4 Å². The average molecular weight is 248 g/mol. The van der Waals surface area contributed by atoms with E-state index >= 15 is 0 Å². The van der Waals surface area contributed by atoms with Gasteiger partial charge in [-0.3, -0.25) is 4.68 Å². The molecule has 1 N–H and O–H groups in total. The minimum atomic E-state index is -0.991. The van der Waals surface area contributed by atoms with Crippen LogP contribution < -0.4 is 0 Å². The normalized spacial score (nSPS) is 17.4. The van der Waals surface area contributed by atoms with Gasteiger partial charge in [0.15, 0.2) is 11.4 Å². The summed E-state index contributed by atoms with van der Waals surface area (Å²) in [5.41, 5.74) is -0.274. The molecular weight excluding hydrogens is 236 g/mol. The number of carboxylic acids is 1. The monoisotopic (exact) mass is 248 g/mol. The summed E-state index contributed by atoms with van der Waals surface area (Å²) in [5, 5.41) is 24.8. The van der Waals surface area contributed by atoms with Gasteiger partial charge in [0.05, 0.1) is 11.8 Å². The van der Waals surface area contributed by atoms with Gasteiger partial charge in [-0.2, -0.15) is 5.10 Å². The first-order chi connectivity index (χ1) is 8.63. The minimum Gasteiger partial charge on any atom is -0.479 e. The zero-order valence-electron chi connectivity index (χ0n) is 9.81. The molecule has 0 aliphatic heterocycles. The summed E-state index contributed by atoms with van der Waals surface area (Å²) >= 11 is 0. The van der Waals surface area contributed by atoms with E-state index in [1.807, 2.05) is 0 Å². The first-order valence-corrected chi connectivity index (χ1v) is 5.65. The number of aryl methyl sites for hydroxylation is 1. The van der Waals surface area contributed by atoms with Crippen LogP contribution >= 0.6 is 0 Å². The Hall–Kier alpha value is -2.25. The summed E-state index contributed by atoms with van der Waals surface area (Å²) in [6, 6.07) is 0. The van der Waals surface area contributed by atoms with Gasteiger partial charge in [0, 0.05) is 13.2 Å². The van der Waals surface area contributed by atoms with Crippen LogP contribution in [0.25, 0.3) is 11.4 Å². The molecule has 0 atom stereocenters. The maximum Gasteiger partial charge on any atom is 0.331 e. The molecular formula is C10H12N6O2. The van der Waals surface area contributed by atoms with E-state index < -0.39 is 11.5 Å². The quantitative estimate of drug-likeness (QED) is 0.823. The second-order valence-electron chi connectivity index (χ2n) is 4.51. The minimum absolute atomic E-state index is 0.449. The summed E-state index contributed by atoms with van der Waals surface area (Å²) in [6.07, 6.45) is 5.37. The van der Waals surface area contributed by atoms with Crippen LogP contribution in [0.2, 0.25) is 0 Å². The predicted octanol–water partition coefficient (Wildman–Crippen LogP) is 0.0374. The standard InChI is InChI=1S/C10H12N6O2/c1-15-6-7(5-11-15)8-12-13-14-16(8)10(9(17)18)3-2-4-10/h5-6H,2-4H2,1H3,(H,17,18). The molecule has 1 fully saturated rings. The highest BCUT2D eigenvalue weighted by atomic mass is 16.4. The third kappa shape index (κ3) is 1.35. The van der Waals surface area contributed by atoms with Crippen LogP contribution in [0.4, 0.5) is 0 Å². The van der Waals surface area contributed by atoms with Crippen molar-refractivity contribution in [2.45, 2.75) is 24.8 Å². The van der Waals surface area contributed by atoms with Crippen molar-refractivity contribution >= 4 is 5.97 Å². The van der Waals surface area contributed by atoms with E-state index in [4.69, 9.17) is 0 Å². The van der Waals surface area contributed by atoms with Crippen molar-refractivity contribution in [1.29, 1.82) is 0 Å². The maximum absolute atomic E-state index is 11.5. The van der Waals surface area contributed by atoms with Crippen LogP contribution in [0.3, 0.4) is 0 Å². The molecule has 0 bridgehead atoms. The summed E-state index contributed by atoms with van der Waals surface area (Å²) in [7, 11) is 1.79. The lowest BCUT2D eigenvalue weighted by Gasteiger charge is -2.37. The fraction of sp³-hybridized carbons (Fsp3) is 0.500. The van der Waals surface area contributed by atoms with E-state index in [0.29, 0.717) is 18.7 Å². The molecule has 0 unspecified atom stereocenters. The number of carbonyl (C=O) groups is 1. The van der Waals surface area contributed by atoms with Crippen molar-refractivity contribution in [2.24, 2.45) is 7.05 Å². The topological polar surface area (TPSA) is 98.7 Å². The summed E-state index contributed by atoms with van der Waals surface area (Å²) < 4.78 is 3.04. The van der Waals surface area contributed by atoms with Crippen LogP contribution in [-0.2, 0) is 17.4 Å². The molecule has 0 radical (unpaired) electrons. The van der Waals surface area contributed by atoms with Crippen molar-refractivity contribution in [3.8, 4) is 11.4 Å². The Morgan fingerprint density at radius 3 is 2.78 bits per heavy atom. The molecule has 0 aromatic carbocycles. The molecule has 0 spiro atoms. The molecule has 2 heterocycles. The van der Waals surface area contributed by atoms with Gasteiger partial charge < -0.3 is 5.11 Å². The van der Waals surface area contributed by atoms with Crippen LogP contribution in [0.1, 0.15) is 19.3 Å². The van der Waals surface area contributed by atoms with Crippen LogP contribution in [-0.4, -0.2) is 41.1 Å². The summed E-state index contributed by atoms with van der Waals surface area (Å²) in [5.74, 6) is -0.434. The van der Waals surface area contributed by atoms with Gasteiger partial charge in [-0.25, -0.2) is 9.48 Å². The maximum atomic E-state index is 11.5. The number of rotatable bonds is 3. The Morgan fingerprint density at radius 2 is 2.28 bits per heavy atom. The molecule has 2 aromatic heterocycles. The smallest absolute Gasteiger partial charge is 0.331 e. The lowest BCUT2D eigenvalue weighted by Crippen LogP contribution is -2.48. The Morgan fingerprint density at radius 1 is 1.50 bits per heavy atom. The highest BCUT2D eigenvalue weighted by molar-refractivity contribution is 5.78. The second kappa shape index (κ2) is 3.62. The van der Waals surface area contributed by atoms with E-state index in [1.54, 1.807) is 24.1 Å². The van der Waals surface area contributed by atoms with Crippen molar-refractivity contribution in [3.63, 3.8) is 0 Å². The number of aliphatic carboxylic acids is 1. The Kier molecular flexibility index (Phi) is 2.19. The third-order valence-electron chi connectivity index (χ3n) is 3.42. The Labute approximate surface area is 102 Å². The molecule has 1 aliphatic carbocycles. The average Bonchev–Trinajstić information content (AvgIpc) is 2.84. The van der Waals surface area contributed by atoms with E-state index in [0.717, 1.165) is 12.0 Å². The van der Waals surface area contributed by atoms with E-state index in [1.165, 1.54) is 4.68 Å². The molecule has 0 saturated heterocycles. The lowest BCUT2D eigenvalue weighted by atomic mass is 9.77. The van der Waals surface area contributed by atoms with Gasteiger partial charge in [0.25, 0.3) is 0 Å². The Balaban J connectivity index is 2.09. The van der Waals surface area contributed by atoms with Crippen molar-refractivity contribution < 1.29 is 9.90 Å². The molecule has 8 nitrogen and oxygen atoms in total. The van der Waals surface area contributed by atoms with E-state index in [9.17, 15) is 9.90 Å². The molecule has 18 heavy (non-hydrogen) atoms. The number of nitrogens with zero attached hydrogens (tertiary/aromatic N) is 6. The molecule has 8 heteroatoms. The zero-order chi connectivity index (χ0) is 12.8. The number of hydrogen-bond donors (Lipinski definition) is 1. The number of carboxylic acid groups (broad SMARTS) is 1. The van der Waals surface area contributed by atoms with Gasteiger partial charge in [-0.1, -0.05) is 0 Å². The highest BCUT2D eigenvalue weighted by Gasteiger charge is 2.49. The van der Waals surface area contributed by atoms with Crippen LogP contribution in [0.5, 0.6) is 0 Å². The fourth-order valence-electron chi connectivity index (χ4n) is 2.22. The van der Waals surface area contributed by atoms with Gasteiger partial charge in [0.2, 0.25) is 0 Å². The van der Waals surface area contributed by atoms with E-state index in [-0.39, 0.29) is 0 Å². The Bertz CT molecular complexity index is 597. The first-order valence-electron chi connectivity index (χ1n) is 5.65. The predicted molar refractivity (Wildman–Crippen MR) is 59.5 cm³/mol. The van der Waals surface area contributed by atoms with Gasteiger partial charge >= 0.3 is 5.97 Å². The number of tetrazole rings is 1. The zero-order valence-corrected chi connectivity index (χ0v) is 9.81. The molecule has 1 saturated carbocycles. The van der Waals surface area contributed by atoms with Crippen LogP contribution in [0, 0.1) is 0 Å². The van der Waals surface area contributed by atoms with Gasteiger partial charge in [0.1, 0.15) is 0 Å². The fourth-order valence-corrected chi connectivity index (χ4v) is 2.22. The number of aromatic nitrogens is 6. The largest absolute Gasteiger partial charge is 0.479 e. The van der Waals surface area contributed by atoms with E-state index in [2.05, 4.69) is 20.6 Å². The van der Waals surface area contributed by atoms with Crippen molar-refractivity contribution in [1.82, 2.24) is 30.0 Å². The molecule has 1 aliphatic rings.